The lowest BCUT2D eigenvalue weighted by molar-refractivity contribution is 0.190. The summed E-state index contributed by atoms with van der Waals surface area (Å²) < 4.78 is 6.29. The first-order valence-corrected chi connectivity index (χ1v) is 8.74. The molecule has 0 bridgehead atoms. The van der Waals surface area contributed by atoms with Gasteiger partial charge < -0.3 is 10.1 Å². The maximum atomic E-state index is 6.29. The van der Waals surface area contributed by atoms with E-state index in [9.17, 15) is 0 Å². The highest BCUT2D eigenvalue weighted by molar-refractivity contribution is 5.36. The minimum Gasteiger partial charge on any atom is -0.489 e. The predicted molar refractivity (Wildman–Crippen MR) is 98.0 cm³/mol. The predicted octanol–water partition coefficient (Wildman–Crippen LogP) is 5.15. The molecular weight excluding hydrogens is 282 g/mol. The molecule has 124 valence electrons. The fraction of sp³-hybridized carbons (Fsp3) is 0.429. The zero-order chi connectivity index (χ0) is 16.5. The fourth-order valence-corrected chi connectivity index (χ4v) is 2.64. The molecule has 0 fully saturated rings. The first kappa shape index (κ1) is 17.6. The number of ether oxygens (including phenoxy) is 1. The molecule has 2 nitrogen and oxygen atoms in total. The molecule has 0 spiro atoms. The Balaban J connectivity index is 1.92. The number of hydrogen-bond acceptors (Lipinski definition) is 2. The van der Waals surface area contributed by atoms with Crippen LogP contribution in [0.5, 0.6) is 5.75 Å². The van der Waals surface area contributed by atoms with E-state index in [2.05, 4.69) is 74.6 Å². The van der Waals surface area contributed by atoms with Crippen LogP contribution in [0.3, 0.4) is 0 Å². The zero-order valence-corrected chi connectivity index (χ0v) is 14.6. The number of nitrogens with one attached hydrogen (secondary N) is 1. The third kappa shape index (κ3) is 5.40. The van der Waals surface area contributed by atoms with Gasteiger partial charge in [-0.2, -0.15) is 0 Å². The standard InChI is InChI=1S/C21H29NO/c1-4-17(3)20-13-9-10-14-21(20)23-19(5-2)16-22-15-18-11-7-6-8-12-18/h6-14,17,19,22H,4-5,15-16H2,1-3H3. The van der Waals surface area contributed by atoms with Crippen molar-refractivity contribution in [1.82, 2.24) is 5.32 Å². The van der Waals surface area contributed by atoms with Gasteiger partial charge >= 0.3 is 0 Å². The van der Waals surface area contributed by atoms with E-state index in [1.165, 1.54) is 11.1 Å². The van der Waals surface area contributed by atoms with Gasteiger partial charge in [0, 0.05) is 13.1 Å². The van der Waals surface area contributed by atoms with Crippen LogP contribution in [-0.2, 0) is 6.54 Å². The van der Waals surface area contributed by atoms with E-state index >= 15 is 0 Å². The molecule has 2 aromatic carbocycles. The van der Waals surface area contributed by atoms with Crippen molar-refractivity contribution < 1.29 is 4.74 Å². The van der Waals surface area contributed by atoms with E-state index in [4.69, 9.17) is 4.74 Å². The monoisotopic (exact) mass is 311 g/mol. The molecule has 2 heteroatoms. The van der Waals surface area contributed by atoms with Crippen LogP contribution in [0.1, 0.15) is 50.7 Å². The minimum absolute atomic E-state index is 0.198. The molecule has 2 rings (SSSR count). The van der Waals surface area contributed by atoms with Crippen LogP contribution in [0, 0.1) is 0 Å². The van der Waals surface area contributed by atoms with Crippen molar-refractivity contribution in [2.24, 2.45) is 0 Å². The van der Waals surface area contributed by atoms with Crippen molar-refractivity contribution in [3.63, 3.8) is 0 Å². The average molecular weight is 311 g/mol. The van der Waals surface area contributed by atoms with Crippen LogP contribution < -0.4 is 10.1 Å². The zero-order valence-electron chi connectivity index (χ0n) is 14.6. The molecule has 1 N–H and O–H groups in total. The molecule has 0 aromatic heterocycles. The number of benzene rings is 2. The maximum absolute atomic E-state index is 6.29. The Hall–Kier alpha value is -1.80. The minimum atomic E-state index is 0.198. The smallest absolute Gasteiger partial charge is 0.123 e. The molecule has 0 saturated heterocycles. The lowest BCUT2D eigenvalue weighted by Gasteiger charge is -2.22. The quantitative estimate of drug-likeness (QED) is 0.691. The van der Waals surface area contributed by atoms with Crippen LogP contribution in [0.2, 0.25) is 0 Å². The molecule has 0 radical (unpaired) electrons. The van der Waals surface area contributed by atoms with E-state index in [-0.39, 0.29) is 6.10 Å². The SMILES string of the molecule is CCC(CNCc1ccccc1)Oc1ccccc1C(C)CC. The van der Waals surface area contributed by atoms with Crippen molar-refractivity contribution in [2.45, 2.75) is 52.2 Å². The molecule has 0 aliphatic rings. The summed E-state index contributed by atoms with van der Waals surface area (Å²) in [4.78, 5) is 0. The maximum Gasteiger partial charge on any atom is 0.123 e. The summed E-state index contributed by atoms with van der Waals surface area (Å²) in [5, 5.41) is 3.51. The van der Waals surface area contributed by atoms with Crippen molar-refractivity contribution >= 4 is 0 Å². The Morgan fingerprint density at radius 2 is 1.61 bits per heavy atom. The number of hydrogen-bond donors (Lipinski definition) is 1. The van der Waals surface area contributed by atoms with E-state index in [0.717, 1.165) is 31.7 Å². The molecule has 0 amide bonds. The van der Waals surface area contributed by atoms with E-state index < -0.39 is 0 Å². The Labute approximate surface area is 140 Å². The summed E-state index contributed by atoms with van der Waals surface area (Å²) in [6, 6.07) is 18.9. The lowest BCUT2D eigenvalue weighted by atomic mass is 9.98. The van der Waals surface area contributed by atoms with Gasteiger partial charge in [-0.05, 0) is 36.0 Å². The molecule has 2 aromatic rings. The number of rotatable bonds is 9. The first-order chi connectivity index (χ1) is 11.2. The van der Waals surface area contributed by atoms with Crippen molar-refractivity contribution in [3.8, 4) is 5.75 Å². The second-order valence-corrected chi connectivity index (χ2v) is 6.11. The van der Waals surface area contributed by atoms with E-state index in [1.54, 1.807) is 0 Å². The molecule has 0 heterocycles. The Bertz CT molecular complexity index is 567. The molecule has 0 aliphatic carbocycles. The van der Waals surface area contributed by atoms with Crippen LogP contribution in [0.15, 0.2) is 54.6 Å². The van der Waals surface area contributed by atoms with Crippen molar-refractivity contribution in [1.29, 1.82) is 0 Å². The van der Waals surface area contributed by atoms with Gasteiger partial charge in [0.25, 0.3) is 0 Å². The van der Waals surface area contributed by atoms with Crippen molar-refractivity contribution in [2.75, 3.05) is 6.54 Å². The summed E-state index contributed by atoms with van der Waals surface area (Å²) in [7, 11) is 0. The summed E-state index contributed by atoms with van der Waals surface area (Å²) >= 11 is 0. The van der Waals surface area contributed by atoms with E-state index in [1.807, 2.05) is 6.07 Å². The third-order valence-electron chi connectivity index (χ3n) is 4.36. The van der Waals surface area contributed by atoms with Gasteiger partial charge in [-0.1, -0.05) is 69.3 Å². The summed E-state index contributed by atoms with van der Waals surface area (Å²) in [6.45, 7) is 8.41. The van der Waals surface area contributed by atoms with Gasteiger partial charge in [-0.25, -0.2) is 0 Å². The van der Waals surface area contributed by atoms with Gasteiger partial charge in [0.15, 0.2) is 0 Å². The normalized spacial score (nSPS) is 13.5. The highest BCUT2D eigenvalue weighted by Gasteiger charge is 2.13. The van der Waals surface area contributed by atoms with Crippen LogP contribution >= 0.6 is 0 Å². The number of para-hydroxylation sites is 1. The molecule has 0 aliphatic heterocycles. The van der Waals surface area contributed by atoms with Gasteiger partial charge in [-0.3, -0.25) is 0 Å². The second-order valence-electron chi connectivity index (χ2n) is 6.11. The van der Waals surface area contributed by atoms with Gasteiger partial charge in [0.1, 0.15) is 11.9 Å². The highest BCUT2D eigenvalue weighted by Crippen LogP contribution is 2.29. The second kappa shape index (κ2) is 9.36. The Kier molecular flexibility index (Phi) is 7.15. The van der Waals surface area contributed by atoms with Gasteiger partial charge in [-0.15, -0.1) is 0 Å². The topological polar surface area (TPSA) is 21.3 Å². The molecule has 23 heavy (non-hydrogen) atoms. The highest BCUT2D eigenvalue weighted by atomic mass is 16.5. The summed E-state index contributed by atoms with van der Waals surface area (Å²) in [5.74, 6) is 1.57. The van der Waals surface area contributed by atoms with Crippen molar-refractivity contribution in [3.05, 3.63) is 65.7 Å². The molecular formula is C21H29NO. The van der Waals surface area contributed by atoms with Crippen LogP contribution in [0.25, 0.3) is 0 Å². The first-order valence-electron chi connectivity index (χ1n) is 8.74. The molecule has 0 saturated carbocycles. The van der Waals surface area contributed by atoms with E-state index in [0.29, 0.717) is 5.92 Å². The average Bonchev–Trinajstić information content (AvgIpc) is 2.61. The summed E-state index contributed by atoms with van der Waals surface area (Å²) in [5.41, 5.74) is 2.62. The Morgan fingerprint density at radius 1 is 0.913 bits per heavy atom. The Morgan fingerprint density at radius 3 is 2.30 bits per heavy atom. The van der Waals surface area contributed by atoms with Gasteiger partial charge in [0.05, 0.1) is 0 Å². The third-order valence-corrected chi connectivity index (χ3v) is 4.36. The van der Waals surface area contributed by atoms with Crippen LogP contribution in [-0.4, -0.2) is 12.6 Å². The summed E-state index contributed by atoms with van der Waals surface area (Å²) in [6.07, 6.45) is 2.32. The lowest BCUT2D eigenvalue weighted by Crippen LogP contribution is -2.31. The molecule has 2 unspecified atom stereocenters. The van der Waals surface area contributed by atoms with Crippen LogP contribution in [0.4, 0.5) is 0 Å². The largest absolute Gasteiger partial charge is 0.489 e. The molecule has 2 atom stereocenters. The fourth-order valence-electron chi connectivity index (χ4n) is 2.64. The van der Waals surface area contributed by atoms with Gasteiger partial charge in [0.2, 0.25) is 0 Å².